The van der Waals surface area contributed by atoms with E-state index in [-0.39, 0.29) is 0 Å². The fourth-order valence-electron chi connectivity index (χ4n) is 1.76. The molecule has 2 aliphatic carbocycles. The van der Waals surface area contributed by atoms with Gasteiger partial charge in [0.1, 0.15) is 5.82 Å². The number of aromatic nitrogens is 2. The number of nitrogens with zero attached hydrogens (tertiary/aromatic N) is 2. The number of rotatable bonds is 3. The Bertz CT molecular complexity index is 323. The molecule has 0 aromatic carbocycles. The van der Waals surface area contributed by atoms with E-state index < -0.39 is 0 Å². The molecule has 1 heterocycles. The topological polar surface area (TPSA) is 51.8 Å². The lowest BCUT2D eigenvalue weighted by molar-refractivity contribution is 0.828. The van der Waals surface area contributed by atoms with E-state index in [1.54, 1.807) is 0 Å². The van der Waals surface area contributed by atoms with Crippen LogP contribution in [0, 0.1) is 0 Å². The Morgan fingerprint density at radius 3 is 2.43 bits per heavy atom. The second-order valence-electron chi connectivity index (χ2n) is 4.40. The summed E-state index contributed by atoms with van der Waals surface area (Å²) in [4.78, 5) is 9.13. The average Bonchev–Trinajstić information content (AvgIpc) is 3.07. The molecule has 0 atom stereocenters. The largest absolute Gasteiger partial charge is 0.325 e. The van der Waals surface area contributed by atoms with Crippen LogP contribution in [0.5, 0.6) is 0 Å². The highest BCUT2D eigenvalue weighted by Gasteiger charge is 2.30. The van der Waals surface area contributed by atoms with Crippen molar-refractivity contribution in [1.29, 1.82) is 0 Å². The van der Waals surface area contributed by atoms with Gasteiger partial charge >= 0.3 is 0 Å². The molecule has 1 aromatic rings. The predicted octanol–water partition coefficient (Wildman–Crippen LogP) is 1.69. The van der Waals surface area contributed by atoms with E-state index in [4.69, 9.17) is 5.73 Å². The van der Waals surface area contributed by atoms with Crippen LogP contribution in [0.3, 0.4) is 0 Å². The first kappa shape index (κ1) is 8.36. The van der Waals surface area contributed by atoms with E-state index in [9.17, 15) is 0 Å². The molecule has 0 aliphatic heterocycles. The molecule has 74 valence electrons. The molecular weight excluding hydrogens is 174 g/mol. The summed E-state index contributed by atoms with van der Waals surface area (Å²) < 4.78 is 0. The van der Waals surface area contributed by atoms with Crippen molar-refractivity contribution in [3.05, 3.63) is 23.3 Å². The summed E-state index contributed by atoms with van der Waals surface area (Å²) in [6.07, 6.45) is 5.12. The standard InChI is InChI=1S/C11H15N3/c12-6-9-5-10(7-1-2-7)14-11(13-9)8-3-4-8/h5,7-8H,1-4,6,12H2. The van der Waals surface area contributed by atoms with E-state index in [0.717, 1.165) is 11.5 Å². The highest BCUT2D eigenvalue weighted by atomic mass is 14.9. The Morgan fingerprint density at radius 2 is 1.86 bits per heavy atom. The van der Waals surface area contributed by atoms with Crippen molar-refractivity contribution >= 4 is 0 Å². The molecule has 2 fully saturated rings. The van der Waals surface area contributed by atoms with Crippen LogP contribution < -0.4 is 5.73 Å². The maximum absolute atomic E-state index is 5.64. The van der Waals surface area contributed by atoms with Gasteiger partial charge in [0.25, 0.3) is 0 Å². The summed E-state index contributed by atoms with van der Waals surface area (Å²) in [7, 11) is 0. The zero-order valence-electron chi connectivity index (χ0n) is 8.24. The first-order chi connectivity index (χ1) is 6.86. The van der Waals surface area contributed by atoms with Crippen molar-refractivity contribution < 1.29 is 0 Å². The van der Waals surface area contributed by atoms with Crippen molar-refractivity contribution in [2.24, 2.45) is 5.73 Å². The highest BCUT2D eigenvalue weighted by molar-refractivity contribution is 5.21. The molecule has 3 rings (SSSR count). The van der Waals surface area contributed by atoms with Gasteiger partial charge in [0.2, 0.25) is 0 Å². The van der Waals surface area contributed by atoms with E-state index in [2.05, 4.69) is 16.0 Å². The molecule has 2 N–H and O–H groups in total. The van der Waals surface area contributed by atoms with Crippen LogP contribution >= 0.6 is 0 Å². The smallest absolute Gasteiger partial charge is 0.132 e. The lowest BCUT2D eigenvalue weighted by atomic mass is 10.2. The summed E-state index contributed by atoms with van der Waals surface area (Å²) in [5.41, 5.74) is 7.89. The Morgan fingerprint density at radius 1 is 1.14 bits per heavy atom. The molecule has 3 nitrogen and oxygen atoms in total. The number of hydrogen-bond acceptors (Lipinski definition) is 3. The molecule has 0 bridgehead atoms. The zero-order chi connectivity index (χ0) is 9.54. The first-order valence-electron chi connectivity index (χ1n) is 5.44. The minimum atomic E-state index is 0.544. The van der Waals surface area contributed by atoms with Crippen molar-refractivity contribution in [3.8, 4) is 0 Å². The van der Waals surface area contributed by atoms with Gasteiger partial charge in [-0.1, -0.05) is 0 Å². The monoisotopic (exact) mass is 189 g/mol. The van der Waals surface area contributed by atoms with E-state index >= 15 is 0 Å². The third-order valence-electron chi connectivity index (χ3n) is 2.96. The van der Waals surface area contributed by atoms with Gasteiger partial charge in [0.05, 0.1) is 5.69 Å². The van der Waals surface area contributed by atoms with Gasteiger partial charge < -0.3 is 5.73 Å². The van der Waals surface area contributed by atoms with Crippen molar-refractivity contribution in [3.63, 3.8) is 0 Å². The third-order valence-corrected chi connectivity index (χ3v) is 2.96. The lowest BCUT2D eigenvalue weighted by Crippen LogP contribution is -2.06. The Hall–Kier alpha value is -0.960. The molecule has 0 saturated heterocycles. The lowest BCUT2D eigenvalue weighted by Gasteiger charge is -2.04. The SMILES string of the molecule is NCc1cc(C2CC2)nc(C2CC2)n1. The number of nitrogens with two attached hydrogens (primary N) is 1. The molecule has 0 unspecified atom stereocenters. The van der Waals surface area contributed by atoms with Crippen LogP contribution in [0.25, 0.3) is 0 Å². The second kappa shape index (κ2) is 3.02. The van der Waals surface area contributed by atoms with Gasteiger partial charge in [-0.2, -0.15) is 0 Å². The van der Waals surface area contributed by atoms with E-state index in [1.165, 1.54) is 31.4 Å². The fraction of sp³-hybridized carbons (Fsp3) is 0.636. The Kier molecular flexibility index (Phi) is 1.80. The molecule has 0 amide bonds. The fourth-order valence-corrected chi connectivity index (χ4v) is 1.76. The highest BCUT2D eigenvalue weighted by Crippen LogP contribution is 2.42. The molecule has 2 saturated carbocycles. The number of hydrogen-bond donors (Lipinski definition) is 1. The summed E-state index contributed by atoms with van der Waals surface area (Å²) in [6, 6.07) is 2.09. The average molecular weight is 189 g/mol. The van der Waals surface area contributed by atoms with Crippen LogP contribution in [0.4, 0.5) is 0 Å². The predicted molar refractivity (Wildman–Crippen MR) is 53.9 cm³/mol. The first-order valence-corrected chi connectivity index (χ1v) is 5.44. The Balaban J connectivity index is 1.97. The third kappa shape index (κ3) is 1.52. The van der Waals surface area contributed by atoms with Crippen LogP contribution in [-0.2, 0) is 6.54 Å². The van der Waals surface area contributed by atoms with Gasteiger partial charge in [-0.25, -0.2) is 9.97 Å². The molecule has 3 heteroatoms. The quantitative estimate of drug-likeness (QED) is 0.787. The Labute approximate surface area is 83.8 Å². The van der Waals surface area contributed by atoms with Crippen molar-refractivity contribution in [1.82, 2.24) is 9.97 Å². The molecule has 1 aromatic heterocycles. The van der Waals surface area contributed by atoms with Crippen molar-refractivity contribution in [2.45, 2.75) is 44.1 Å². The maximum atomic E-state index is 5.64. The van der Waals surface area contributed by atoms with Crippen LogP contribution in [0.15, 0.2) is 6.07 Å². The van der Waals surface area contributed by atoms with Gasteiger partial charge in [0.15, 0.2) is 0 Å². The van der Waals surface area contributed by atoms with Crippen LogP contribution in [0.1, 0.15) is 54.7 Å². The minimum absolute atomic E-state index is 0.544. The summed E-state index contributed by atoms with van der Waals surface area (Å²) in [5.74, 6) is 2.40. The van der Waals surface area contributed by atoms with E-state index in [0.29, 0.717) is 18.4 Å². The van der Waals surface area contributed by atoms with Gasteiger partial charge in [-0.15, -0.1) is 0 Å². The van der Waals surface area contributed by atoms with Crippen LogP contribution in [0.2, 0.25) is 0 Å². The second-order valence-corrected chi connectivity index (χ2v) is 4.40. The van der Waals surface area contributed by atoms with E-state index in [1.807, 2.05) is 0 Å². The molecule has 2 aliphatic rings. The summed E-state index contributed by atoms with van der Waals surface area (Å²) in [5, 5.41) is 0. The van der Waals surface area contributed by atoms with Gasteiger partial charge in [-0.05, 0) is 31.7 Å². The normalized spacial score (nSPS) is 21.2. The van der Waals surface area contributed by atoms with Crippen molar-refractivity contribution in [2.75, 3.05) is 0 Å². The minimum Gasteiger partial charge on any atom is -0.325 e. The van der Waals surface area contributed by atoms with Gasteiger partial charge in [-0.3, -0.25) is 0 Å². The molecular formula is C11H15N3. The van der Waals surface area contributed by atoms with Gasteiger partial charge in [0, 0.05) is 24.1 Å². The molecule has 0 spiro atoms. The zero-order valence-corrected chi connectivity index (χ0v) is 8.24. The summed E-state index contributed by atoms with van der Waals surface area (Å²) in [6.45, 7) is 0.544. The van der Waals surface area contributed by atoms with Crippen LogP contribution in [-0.4, -0.2) is 9.97 Å². The maximum Gasteiger partial charge on any atom is 0.132 e. The summed E-state index contributed by atoms with van der Waals surface area (Å²) >= 11 is 0. The molecule has 14 heavy (non-hydrogen) atoms. The molecule has 0 radical (unpaired) electrons.